The fraction of sp³-hybridized carbons (Fsp3) is 0.789. The minimum absolute atomic E-state index is 0.661. The topological polar surface area (TPSA) is 12.0 Å². The van der Waals surface area contributed by atoms with E-state index in [-0.39, 0.29) is 0 Å². The van der Waals surface area contributed by atoms with Gasteiger partial charge in [0.2, 0.25) is 0 Å². The summed E-state index contributed by atoms with van der Waals surface area (Å²) < 4.78 is 0. The predicted octanol–water partition coefficient (Wildman–Crippen LogP) is 5.88. The molecular weight excluding hydrogens is 242 g/mol. The second-order valence-electron chi connectivity index (χ2n) is 6.12. The zero-order valence-corrected chi connectivity index (χ0v) is 14.2. The molecule has 0 rings (SSSR count). The molecule has 0 spiro atoms. The van der Waals surface area contributed by atoms with Gasteiger partial charge in [-0.05, 0) is 58.0 Å². The first-order valence-electron chi connectivity index (χ1n) is 8.68. The van der Waals surface area contributed by atoms with E-state index in [2.05, 4.69) is 37.9 Å². The van der Waals surface area contributed by atoms with Crippen LogP contribution in [0.1, 0.15) is 78.1 Å². The van der Waals surface area contributed by atoms with Gasteiger partial charge in [-0.2, -0.15) is 0 Å². The Labute approximate surface area is 127 Å². The molecule has 20 heavy (non-hydrogen) atoms. The molecule has 1 unspecified atom stereocenters. The lowest BCUT2D eigenvalue weighted by Gasteiger charge is -2.09. The summed E-state index contributed by atoms with van der Waals surface area (Å²) in [6.07, 6.45) is 17.7. The highest BCUT2D eigenvalue weighted by molar-refractivity contribution is 4.99. The van der Waals surface area contributed by atoms with E-state index in [4.69, 9.17) is 0 Å². The van der Waals surface area contributed by atoms with Gasteiger partial charge in [0, 0.05) is 0 Å². The van der Waals surface area contributed by atoms with Gasteiger partial charge in [-0.3, -0.25) is 0 Å². The summed E-state index contributed by atoms with van der Waals surface area (Å²) in [6.45, 7) is 9.97. The van der Waals surface area contributed by atoms with E-state index < -0.39 is 0 Å². The quantitative estimate of drug-likeness (QED) is 0.309. The Kier molecular flexibility index (Phi) is 14.4. The first-order chi connectivity index (χ1) is 9.70. The summed E-state index contributed by atoms with van der Waals surface area (Å²) in [5.41, 5.74) is 1.43. The van der Waals surface area contributed by atoms with Gasteiger partial charge in [0.1, 0.15) is 0 Å². The molecule has 0 bridgehead atoms. The molecule has 0 aliphatic carbocycles. The monoisotopic (exact) mass is 279 g/mol. The summed E-state index contributed by atoms with van der Waals surface area (Å²) in [7, 11) is 2.03. The van der Waals surface area contributed by atoms with Crippen molar-refractivity contribution in [1.82, 2.24) is 5.32 Å². The second kappa shape index (κ2) is 14.8. The van der Waals surface area contributed by atoms with Crippen molar-refractivity contribution < 1.29 is 0 Å². The van der Waals surface area contributed by atoms with Gasteiger partial charge in [0.25, 0.3) is 0 Å². The Morgan fingerprint density at radius 3 is 2.55 bits per heavy atom. The molecule has 1 N–H and O–H groups in total. The minimum Gasteiger partial charge on any atom is -0.320 e. The van der Waals surface area contributed by atoms with Crippen molar-refractivity contribution >= 4 is 0 Å². The third-order valence-electron chi connectivity index (χ3n) is 3.76. The molecule has 0 saturated heterocycles. The highest BCUT2D eigenvalue weighted by atomic mass is 14.8. The van der Waals surface area contributed by atoms with E-state index in [0.29, 0.717) is 5.92 Å². The summed E-state index contributed by atoms with van der Waals surface area (Å²) in [4.78, 5) is 0. The van der Waals surface area contributed by atoms with Crippen LogP contribution in [0.15, 0.2) is 24.3 Å². The van der Waals surface area contributed by atoms with Gasteiger partial charge < -0.3 is 5.32 Å². The molecule has 0 radical (unpaired) electrons. The molecule has 0 heterocycles. The minimum atomic E-state index is 0.661. The standard InChI is InChI=1S/C19H37N/c1-5-6-7-8-11-14-18(2)17-19(3)15-12-9-10-13-16-20-4/h11,14,18,20H,3,5-10,12-13,15-17H2,1-2,4H3/b14-11+. The number of unbranched alkanes of at least 4 members (excludes halogenated alkanes) is 6. The second-order valence-corrected chi connectivity index (χ2v) is 6.12. The summed E-state index contributed by atoms with van der Waals surface area (Å²) >= 11 is 0. The molecule has 1 atom stereocenters. The molecule has 1 nitrogen and oxygen atoms in total. The van der Waals surface area contributed by atoms with E-state index in [1.165, 1.54) is 69.8 Å². The normalized spacial score (nSPS) is 12.9. The highest BCUT2D eigenvalue weighted by Gasteiger charge is 2.01. The largest absolute Gasteiger partial charge is 0.320 e. The van der Waals surface area contributed by atoms with Crippen LogP contribution in [-0.2, 0) is 0 Å². The maximum Gasteiger partial charge on any atom is -0.00519 e. The number of allylic oxidation sites excluding steroid dienone is 3. The summed E-state index contributed by atoms with van der Waals surface area (Å²) in [5.74, 6) is 0.661. The van der Waals surface area contributed by atoms with Crippen molar-refractivity contribution in [2.45, 2.75) is 78.1 Å². The van der Waals surface area contributed by atoms with Gasteiger partial charge in [-0.1, -0.05) is 63.8 Å². The summed E-state index contributed by atoms with van der Waals surface area (Å²) in [5, 5.41) is 3.20. The van der Waals surface area contributed by atoms with Crippen molar-refractivity contribution in [1.29, 1.82) is 0 Å². The maximum absolute atomic E-state index is 4.24. The Morgan fingerprint density at radius 1 is 1.10 bits per heavy atom. The molecule has 0 aliphatic rings. The summed E-state index contributed by atoms with van der Waals surface area (Å²) in [6, 6.07) is 0. The number of hydrogen-bond donors (Lipinski definition) is 1. The van der Waals surface area contributed by atoms with Gasteiger partial charge in [0.05, 0.1) is 0 Å². The molecule has 0 saturated carbocycles. The smallest absolute Gasteiger partial charge is 0.00519 e. The molecule has 0 aromatic carbocycles. The molecule has 0 fully saturated rings. The molecule has 0 aliphatic heterocycles. The maximum atomic E-state index is 4.24. The molecular formula is C19H37N. The Bertz CT molecular complexity index is 242. The molecule has 1 heteroatoms. The number of hydrogen-bond acceptors (Lipinski definition) is 1. The predicted molar refractivity (Wildman–Crippen MR) is 93.2 cm³/mol. The average molecular weight is 280 g/mol. The first kappa shape index (κ1) is 19.4. The third kappa shape index (κ3) is 13.9. The molecule has 0 aromatic rings. The van der Waals surface area contributed by atoms with Crippen LogP contribution in [0, 0.1) is 5.92 Å². The van der Waals surface area contributed by atoms with Crippen molar-refractivity contribution in [2.75, 3.05) is 13.6 Å². The van der Waals surface area contributed by atoms with Crippen LogP contribution in [0.3, 0.4) is 0 Å². The average Bonchev–Trinajstić information content (AvgIpc) is 2.42. The first-order valence-corrected chi connectivity index (χ1v) is 8.68. The van der Waals surface area contributed by atoms with Gasteiger partial charge in [0.15, 0.2) is 0 Å². The van der Waals surface area contributed by atoms with E-state index in [0.717, 1.165) is 6.54 Å². The Hall–Kier alpha value is -0.560. The molecule has 0 amide bonds. The van der Waals surface area contributed by atoms with Crippen molar-refractivity contribution in [3.63, 3.8) is 0 Å². The van der Waals surface area contributed by atoms with E-state index in [1.54, 1.807) is 0 Å². The van der Waals surface area contributed by atoms with Crippen LogP contribution >= 0.6 is 0 Å². The lowest BCUT2D eigenvalue weighted by atomic mass is 9.97. The Balaban J connectivity index is 3.49. The van der Waals surface area contributed by atoms with Crippen LogP contribution in [0.2, 0.25) is 0 Å². The molecule has 0 aromatic heterocycles. The van der Waals surface area contributed by atoms with Gasteiger partial charge >= 0.3 is 0 Å². The fourth-order valence-electron chi connectivity index (χ4n) is 2.50. The van der Waals surface area contributed by atoms with E-state index in [9.17, 15) is 0 Å². The van der Waals surface area contributed by atoms with E-state index >= 15 is 0 Å². The third-order valence-corrected chi connectivity index (χ3v) is 3.76. The van der Waals surface area contributed by atoms with E-state index in [1.807, 2.05) is 7.05 Å². The van der Waals surface area contributed by atoms with Crippen LogP contribution in [0.5, 0.6) is 0 Å². The highest BCUT2D eigenvalue weighted by Crippen LogP contribution is 2.18. The van der Waals surface area contributed by atoms with Crippen LogP contribution in [0.4, 0.5) is 0 Å². The SMILES string of the molecule is C=C(CCCCCCNC)CC(C)/C=C/CCCCC. The fourth-order valence-corrected chi connectivity index (χ4v) is 2.50. The Morgan fingerprint density at radius 2 is 1.85 bits per heavy atom. The van der Waals surface area contributed by atoms with Crippen LogP contribution in [-0.4, -0.2) is 13.6 Å². The zero-order chi connectivity index (χ0) is 15.1. The van der Waals surface area contributed by atoms with Crippen LogP contribution in [0.25, 0.3) is 0 Å². The van der Waals surface area contributed by atoms with Crippen molar-refractivity contribution in [3.05, 3.63) is 24.3 Å². The number of rotatable bonds is 14. The van der Waals surface area contributed by atoms with Crippen LogP contribution < -0.4 is 5.32 Å². The lowest BCUT2D eigenvalue weighted by molar-refractivity contribution is 0.600. The van der Waals surface area contributed by atoms with Crippen molar-refractivity contribution in [3.8, 4) is 0 Å². The van der Waals surface area contributed by atoms with Crippen molar-refractivity contribution in [2.24, 2.45) is 5.92 Å². The van der Waals surface area contributed by atoms with Gasteiger partial charge in [-0.25, -0.2) is 0 Å². The molecule has 118 valence electrons. The zero-order valence-electron chi connectivity index (χ0n) is 14.2. The lowest BCUT2D eigenvalue weighted by Crippen LogP contribution is -2.06. The van der Waals surface area contributed by atoms with Gasteiger partial charge in [-0.15, -0.1) is 0 Å². The number of nitrogens with one attached hydrogen (secondary N) is 1.